The van der Waals surface area contributed by atoms with Gasteiger partial charge in [0.2, 0.25) is 0 Å². The monoisotopic (exact) mass is 338 g/mol. The van der Waals surface area contributed by atoms with Gasteiger partial charge in [0.15, 0.2) is 0 Å². The fourth-order valence-electron chi connectivity index (χ4n) is 2.18. The highest BCUT2D eigenvalue weighted by atomic mass is 79.9. The number of nitrogens with zero attached hydrogens (tertiary/aromatic N) is 2. The van der Waals surface area contributed by atoms with E-state index in [1.54, 1.807) is 11.3 Å². The number of H-pyrrole nitrogens is 1. The second kappa shape index (κ2) is 5.11. The van der Waals surface area contributed by atoms with E-state index < -0.39 is 0 Å². The Bertz CT molecular complexity index is 709. The smallest absolute Gasteiger partial charge is 0.0710 e. The molecule has 0 aliphatic carbocycles. The Balaban J connectivity index is 1.64. The summed E-state index contributed by atoms with van der Waals surface area (Å²) in [5.74, 6) is 0. The zero-order valence-electron chi connectivity index (χ0n) is 10.8. The number of fused-ring (bicyclic) bond motifs is 1. The Morgan fingerprint density at radius 1 is 1.42 bits per heavy atom. The van der Waals surface area contributed by atoms with Crippen LogP contribution in [0.15, 0.2) is 22.0 Å². The highest BCUT2D eigenvalue weighted by molar-refractivity contribution is 9.10. The third-order valence-electron chi connectivity index (χ3n) is 3.09. The van der Waals surface area contributed by atoms with Crippen molar-refractivity contribution in [2.75, 3.05) is 0 Å². The van der Waals surface area contributed by atoms with E-state index in [0.717, 1.165) is 23.3 Å². The van der Waals surface area contributed by atoms with E-state index in [9.17, 15) is 0 Å². The lowest BCUT2D eigenvalue weighted by atomic mass is 10.3. The van der Waals surface area contributed by atoms with Crippen LogP contribution >= 0.6 is 27.3 Å². The molecule has 3 aromatic heterocycles. The first-order valence-electron chi connectivity index (χ1n) is 6.08. The van der Waals surface area contributed by atoms with Crippen LogP contribution in [0.4, 0.5) is 0 Å². The Labute approximate surface area is 124 Å². The normalized spacial score (nSPS) is 11.5. The Morgan fingerprint density at radius 3 is 2.95 bits per heavy atom. The molecule has 4 nitrogen and oxygen atoms in total. The van der Waals surface area contributed by atoms with E-state index in [4.69, 9.17) is 0 Å². The predicted octanol–water partition coefficient (Wildman–Crippen LogP) is 3.32. The standard InChI is InChI=1S/C13H15BrN4S/c1-8-3-10(18(2)17-8)6-15-5-9-4-12-13(16-9)11(14)7-19-12/h3-4,7,15-16H,5-6H2,1-2H3. The minimum absolute atomic E-state index is 0.825. The molecular weight excluding hydrogens is 324 g/mol. The van der Waals surface area contributed by atoms with Crippen LogP contribution in [-0.4, -0.2) is 14.8 Å². The first kappa shape index (κ1) is 12.9. The molecule has 0 spiro atoms. The lowest BCUT2D eigenvalue weighted by molar-refractivity contribution is 0.620. The van der Waals surface area contributed by atoms with Crippen molar-refractivity contribution in [3.8, 4) is 0 Å². The zero-order chi connectivity index (χ0) is 13.4. The van der Waals surface area contributed by atoms with Gasteiger partial charge in [-0.25, -0.2) is 0 Å². The highest BCUT2D eigenvalue weighted by Crippen LogP contribution is 2.30. The Morgan fingerprint density at radius 2 is 2.26 bits per heavy atom. The maximum absolute atomic E-state index is 4.34. The minimum atomic E-state index is 0.825. The number of thiophene rings is 1. The number of halogens is 1. The average molecular weight is 339 g/mol. The lowest BCUT2D eigenvalue weighted by Crippen LogP contribution is -2.15. The van der Waals surface area contributed by atoms with Gasteiger partial charge in [0.05, 0.1) is 26.1 Å². The molecule has 3 rings (SSSR count). The summed E-state index contributed by atoms with van der Waals surface area (Å²) < 4.78 is 4.35. The van der Waals surface area contributed by atoms with Crippen LogP contribution in [0.3, 0.4) is 0 Å². The summed E-state index contributed by atoms with van der Waals surface area (Å²) in [6.07, 6.45) is 0. The molecule has 3 heterocycles. The fourth-order valence-corrected chi connectivity index (χ4v) is 3.75. The van der Waals surface area contributed by atoms with Gasteiger partial charge in [0, 0.05) is 31.2 Å². The van der Waals surface area contributed by atoms with Gasteiger partial charge in [-0.3, -0.25) is 4.68 Å². The van der Waals surface area contributed by atoms with Crippen molar-refractivity contribution >= 4 is 37.5 Å². The maximum atomic E-state index is 4.34. The topological polar surface area (TPSA) is 45.6 Å². The van der Waals surface area contributed by atoms with E-state index in [-0.39, 0.29) is 0 Å². The number of aromatic amines is 1. The molecule has 0 atom stereocenters. The molecule has 0 bridgehead atoms. The molecule has 2 N–H and O–H groups in total. The molecule has 6 heteroatoms. The number of aryl methyl sites for hydroxylation is 2. The summed E-state index contributed by atoms with van der Waals surface area (Å²) in [5.41, 5.74) is 4.66. The number of hydrogen-bond acceptors (Lipinski definition) is 3. The van der Waals surface area contributed by atoms with Crippen molar-refractivity contribution in [2.45, 2.75) is 20.0 Å². The van der Waals surface area contributed by atoms with Crippen LogP contribution in [0.25, 0.3) is 10.2 Å². The van der Waals surface area contributed by atoms with Crippen LogP contribution in [0.5, 0.6) is 0 Å². The third kappa shape index (κ3) is 2.61. The van der Waals surface area contributed by atoms with Gasteiger partial charge < -0.3 is 10.3 Å². The van der Waals surface area contributed by atoms with Gasteiger partial charge in [-0.05, 0) is 35.0 Å². The number of rotatable bonds is 4. The Kier molecular flexibility index (Phi) is 3.47. The fraction of sp³-hybridized carbons (Fsp3) is 0.308. The largest absolute Gasteiger partial charge is 0.356 e. The van der Waals surface area contributed by atoms with E-state index in [2.05, 4.69) is 48.8 Å². The number of aromatic nitrogens is 3. The van der Waals surface area contributed by atoms with Crippen LogP contribution in [-0.2, 0) is 20.1 Å². The molecule has 100 valence electrons. The summed E-state index contributed by atoms with van der Waals surface area (Å²) in [7, 11) is 1.98. The zero-order valence-corrected chi connectivity index (χ0v) is 13.2. The van der Waals surface area contributed by atoms with Gasteiger partial charge in [-0.2, -0.15) is 5.10 Å². The van der Waals surface area contributed by atoms with E-state index in [0.29, 0.717) is 0 Å². The quantitative estimate of drug-likeness (QED) is 0.766. The van der Waals surface area contributed by atoms with Crippen LogP contribution in [0.2, 0.25) is 0 Å². The molecule has 0 aliphatic heterocycles. The van der Waals surface area contributed by atoms with E-state index >= 15 is 0 Å². The van der Waals surface area contributed by atoms with Crippen molar-refractivity contribution in [1.82, 2.24) is 20.1 Å². The predicted molar refractivity (Wildman–Crippen MR) is 82.4 cm³/mol. The molecule has 0 saturated carbocycles. The molecule has 0 amide bonds. The second-order valence-electron chi connectivity index (χ2n) is 4.62. The molecule has 0 fully saturated rings. The summed E-state index contributed by atoms with van der Waals surface area (Å²) >= 11 is 5.29. The Hall–Kier alpha value is -1.11. The molecule has 0 aliphatic rings. The first-order valence-corrected chi connectivity index (χ1v) is 7.75. The molecule has 0 aromatic carbocycles. The van der Waals surface area contributed by atoms with Crippen LogP contribution in [0.1, 0.15) is 17.1 Å². The average Bonchev–Trinajstić information content (AvgIpc) is 2.99. The lowest BCUT2D eigenvalue weighted by Gasteiger charge is -2.03. The molecule has 0 radical (unpaired) electrons. The minimum Gasteiger partial charge on any atom is -0.356 e. The van der Waals surface area contributed by atoms with Gasteiger partial charge in [0.1, 0.15) is 0 Å². The molecule has 3 aromatic rings. The summed E-state index contributed by atoms with van der Waals surface area (Å²) in [6.45, 7) is 3.67. The summed E-state index contributed by atoms with van der Waals surface area (Å²) in [6, 6.07) is 4.31. The SMILES string of the molecule is Cc1cc(CNCc2cc3scc(Br)c3[nH]2)n(C)n1. The van der Waals surface area contributed by atoms with Crippen LogP contribution in [0, 0.1) is 6.92 Å². The third-order valence-corrected chi connectivity index (χ3v) is 4.94. The van der Waals surface area contributed by atoms with Crippen molar-refractivity contribution in [2.24, 2.45) is 7.05 Å². The number of hydrogen-bond donors (Lipinski definition) is 2. The summed E-state index contributed by atoms with van der Waals surface area (Å²) in [5, 5.41) is 9.89. The van der Waals surface area contributed by atoms with Crippen molar-refractivity contribution in [1.29, 1.82) is 0 Å². The maximum Gasteiger partial charge on any atom is 0.0710 e. The number of nitrogens with one attached hydrogen (secondary N) is 2. The highest BCUT2D eigenvalue weighted by Gasteiger charge is 2.06. The molecule has 19 heavy (non-hydrogen) atoms. The van der Waals surface area contributed by atoms with Gasteiger partial charge >= 0.3 is 0 Å². The van der Waals surface area contributed by atoms with Gasteiger partial charge in [0.25, 0.3) is 0 Å². The molecule has 0 saturated heterocycles. The van der Waals surface area contributed by atoms with Gasteiger partial charge in [-0.15, -0.1) is 11.3 Å². The molecular formula is C13H15BrN4S. The molecule has 0 unspecified atom stereocenters. The van der Waals surface area contributed by atoms with Crippen molar-refractivity contribution in [3.05, 3.63) is 39.1 Å². The second-order valence-corrected chi connectivity index (χ2v) is 6.39. The van der Waals surface area contributed by atoms with E-state index in [1.807, 2.05) is 18.7 Å². The first-order chi connectivity index (χ1) is 9.13. The van der Waals surface area contributed by atoms with Crippen molar-refractivity contribution in [3.63, 3.8) is 0 Å². The van der Waals surface area contributed by atoms with Gasteiger partial charge in [-0.1, -0.05) is 0 Å². The van der Waals surface area contributed by atoms with Crippen molar-refractivity contribution < 1.29 is 0 Å². The van der Waals surface area contributed by atoms with Crippen LogP contribution < -0.4 is 5.32 Å². The van der Waals surface area contributed by atoms with E-state index in [1.165, 1.54) is 21.6 Å². The summed E-state index contributed by atoms with van der Waals surface area (Å²) in [4.78, 5) is 3.43.